The van der Waals surface area contributed by atoms with E-state index in [1.807, 2.05) is 11.0 Å². The Morgan fingerprint density at radius 1 is 1.47 bits per heavy atom. The molecule has 0 spiro atoms. The zero-order valence-corrected chi connectivity index (χ0v) is 11.4. The Morgan fingerprint density at radius 2 is 2.26 bits per heavy atom. The lowest BCUT2D eigenvalue weighted by molar-refractivity contribution is -0.133. The molecule has 19 heavy (non-hydrogen) atoms. The van der Waals surface area contributed by atoms with Crippen molar-refractivity contribution in [1.29, 1.82) is 0 Å². The summed E-state index contributed by atoms with van der Waals surface area (Å²) in [6, 6.07) is 4.98. The van der Waals surface area contributed by atoms with Gasteiger partial charge in [0.1, 0.15) is 5.75 Å². The van der Waals surface area contributed by atoms with E-state index in [1.54, 1.807) is 12.1 Å². The third-order valence-electron chi connectivity index (χ3n) is 3.70. The number of rotatable bonds is 4. The van der Waals surface area contributed by atoms with Gasteiger partial charge in [0.2, 0.25) is 5.91 Å². The zero-order chi connectivity index (χ0) is 13.8. The summed E-state index contributed by atoms with van der Waals surface area (Å²) in [6.45, 7) is 3.37. The number of fused-ring (bicyclic) bond motifs is 1. The fourth-order valence-corrected chi connectivity index (χ4v) is 2.51. The number of carbonyl (C=O) groups excluding carboxylic acids is 1. The van der Waals surface area contributed by atoms with Crippen molar-refractivity contribution in [2.75, 3.05) is 6.54 Å². The molecule has 104 valence electrons. The number of benzene rings is 1. The van der Waals surface area contributed by atoms with Crippen LogP contribution in [-0.4, -0.2) is 28.5 Å². The molecule has 0 saturated heterocycles. The Kier molecular flexibility index (Phi) is 4.43. The molecule has 0 aliphatic carbocycles. The fourth-order valence-electron chi connectivity index (χ4n) is 2.51. The number of amides is 1. The summed E-state index contributed by atoms with van der Waals surface area (Å²) in [4.78, 5) is 14.0. The lowest BCUT2D eigenvalue weighted by atomic mass is 9.98. The average molecular weight is 262 g/mol. The van der Waals surface area contributed by atoms with Crippen molar-refractivity contribution in [3.8, 4) is 5.75 Å². The average Bonchev–Trinajstić information content (AvgIpc) is 2.43. The van der Waals surface area contributed by atoms with E-state index < -0.39 is 0 Å². The minimum Gasteiger partial charge on any atom is -0.508 e. The SMILES string of the molecule is CCCCC(N)C(=O)N1CCc2ccc(O)cc2C1. The third-order valence-corrected chi connectivity index (χ3v) is 3.70. The maximum absolute atomic E-state index is 12.2. The number of nitrogens with zero attached hydrogens (tertiary/aromatic N) is 1. The molecule has 4 heteroatoms. The van der Waals surface area contributed by atoms with E-state index in [9.17, 15) is 9.90 Å². The van der Waals surface area contributed by atoms with Crippen LogP contribution in [0, 0.1) is 0 Å². The summed E-state index contributed by atoms with van der Waals surface area (Å²) < 4.78 is 0. The summed E-state index contributed by atoms with van der Waals surface area (Å²) >= 11 is 0. The van der Waals surface area contributed by atoms with Crippen LogP contribution in [0.5, 0.6) is 5.75 Å². The Hall–Kier alpha value is -1.55. The van der Waals surface area contributed by atoms with Crippen LogP contribution >= 0.6 is 0 Å². The maximum atomic E-state index is 12.2. The van der Waals surface area contributed by atoms with E-state index in [4.69, 9.17) is 5.73 Å². The minimum atomic E-state index is -0.390. The van der Waals surface area contributed by atoms with Gasteiger partial charge in [-0.15, -0.1) is 0 Å². The lowest BCUT2D eigenvalue weighted by Crippen LogP contribution is -2.45. The van der Waals surface area contributed by atoms with Crippen molar-refractivity contribution < 1.29 is 9.90 Å². The number of phenols is 1. The molecule has 1 aromatic rings. The van der Waals surface area contributed by atoms with Crippen molar-refractivity contribution in [2.24, 2.45) is 5.73 Å². The number of hydrogen-bond acceptors (Lipinski definition) is 3. The predicted molar refractivity (Wildman–Crippen MR) is 74.7 cm³/mol. The van der Waals surface area contributed by atoms with Crippen molar-refractivity contribution in [3.05, 3.63) is 29.3 Å². The van der Waals surface area contributed by atoms with Crippen LogP contribution < -0.4 is 5.73 Å². The van der Waals surface area contributed by atoms with Crippen molar-refractivity contribution in [1.82, 2.24) is 4.90 Å². The molecule has 1 aliphatic heterocycles. The van der Waals surface area contributed by atoms with Gasteiger partial charge < -0.3 is 15.7 Å². The van der Waals surface area contributed by atoms with E-state index in [0.29, 0.717) is 6.54 Å². The molecule has 1 heterocycles. The van der Waals surface area contributed by atoms with Crippen LogP contribution in [0.25, 0.3) is 0 Å². The van der Waals surface area contributed by atoms with E-state index in [-0.39, 0.29) is 17.7 Å². The normalized spacial score (nSPS) is 16.0. The molecule has 3 N–H and O–H groups in total. The van der Waals surface area contributed by atoms with E-state index >= 15 is 0 Å². The molecule has 4 nitrogen and oxygen atoms in total. The molecule has 1 unspecified atom stereocenters. The highest BCUT2D eigenvalue weighted by atomic mass is 16.3. The molecule has 1 amide bonds. The van der Waals surface area contributed by atoms with Crippen molar-refractivity contribution >= 4 is 5.91 Å². The summed E-state index contributed by atoms with van der Waals surface area (Å²) in [5.74, 6) is 0.283. The van der Waals surface area contributed by atoms with E-state index in [0.717, 1.165) is 37.8 Å². The van der Waals surface area contributed by atoms with Gasteiger partial charge in [0, 0.05) is 13.1 Å². The Bertz CT molecular complexity index is 459. The van der Waals surface area contributed by atoms with Crippen LogP contribution in [0.1, 0.15) is 37.3 Å². The predicted octanol–water partition coefficient (Wildman–Crippen LogP) is 1.79. The number of unbranched alkanes of at least 4 members (excludes halogenated alkanes) is 1. The molecule has 0 radical (unpaired) electrons. The first-order valence-corrected chi connectivity index (χ1v) is 6.97. The van der Waals surface area contributed by atoms with Gasteiger partial charge in [-0.1, -0.05) is 25.8 Å². The lowest BCUT2D eigenvalue weighted by Gasteiger charge is -2.31. The van der Waals surface area contributed by atoms with Gasteiger partial charge in [0.15, 0.2) is 0 Å². The number of hydrogen-bond donors (Lipinski definition) is 2. The zero-order valence-electron chi connectivity index (χ0n) is 11.4. The van der Waals surface area contributed by atoms with Crippen LogP contribution in [0.4, 0.5) is 0 Å². The first kappa shape index (κ1) is 13.9. The molecule has 2 rings (SSSR count). The summed E-state index contributed by atoms with van der Waals surface area (Å²) in [7, 11) is 0. The smallest absolute Gasteiger partial charge is 0.239 e. The first-order chi connectivity index (χ1) is 9.11. The van der Waals surface area contributed by atoms with Gasteiger partial charge in [-0.3, -0.25) is 4.79 Å². The number of phenolic OH excluding ortho intramolecular Hbond substituents is 1. The molecule has 1 aliphatic rings. The molecule has 0 saturated carbocycles. The molecule has 0 bridgehead atoms. The maximum Gasteiger partial charge on any atom is 0.239 e. The Balaban J connectivity index is 2.02. The summed E-state index contributed by atoms with van der Waals surface area (Å²) in [6.07, 6.45) is 3.62. The highest BCUT2D eigenvalue weighted by Crippen LogP contribution is 2.23. The van der Waals surface area contributed by atoms with Gasteiger partial charge in [0.05, 0.1) is 6.04 Å². The second-order valence-corrected chi connectivity index (χ2v) is 5.21. The number of aromatic hydroxyl groups is 1. The highest BCUT2D eigenvalue weighted by molar-refractivity contribution is 5.81. The largest absolute Gasteiger partial charge is 0.508 e. The van der Waals surface area contributed by atoms with Crippen molar-refractivity contribution in [3.63, 3.8) is 0 Å². The van der Waals surface area contributed by atoms with Gasteiger partial charge in [-0.2, -0.15) is 0 Å². The quantitative estimate of drug-likeness (QED) is 0.869. The Labute approximate surface area is 114 Å². The number of carbonyl (C=O) groups is 1. The Morgan fingerprint density at radius 3 is 3.00 bits per heavy atom. The standard InChI is InChI=1S/C15H22N2O2/c1-2-3-4-14(16)15(19)17-8-7-11-5-6-13(18)9-12(11)10-17/h5-6,9,14,18H,2-4,7-8,10,16H2,1H3. The topological polar surface area (TPSA) is 66.6 Å². The fraction of sp³-hybridized carbons (Fsp3) is 0.533. The van der Waals surface area contributed by atoms with Gasteiger partial charge in [-0.05, 0) is 36.1 Å². The molecular weight excluding hydrogens is 240 g/mol. The van der Waals surface area contributed by atoms with E-state index in [1.165, 1.54) is 5.56 Å². The summed E-state index contributed by atoms with van der Waals surface area (Å²) in [5.41, 5.74) is 8.19. The van der Waals surface area contributed by atoms with Gasteiger partial charge >= 0.3 is 0 Å². The first-order valence-electron chi connectivity index (χ1n) is 6.97. The third kappa shape index (κ3) is 3.26. The second-order valence-electron chi connectivity index (χ2n) is 5.21. The molecular formula is C15H22N2O2. The van der Waals surface area contributed by atoms with Crippen LogP contribution in [-0.2, 0) is 17.8 Å². The molecule has 0 aromatic heterocycles. The van der Waals surface area contributed by atoms with Gasteiger partial charge in [0.25, 0.3) is 0 Å². The minimum absolute atomic E-state index is 0.0300. The van der Waals surface area contributed by atoms with Crippen LogP contribution in [0.2, 0.25) is 0 Å². The highest BCUT2D eigenvalue weighted by Gasteiger charge is 2.24. The number of nitrogens with two attached hydrogens (primary N) is 1. The van der Waals surface area contributed by atoms with Gasteiger partial charge in [-0.25, -0.2) is 0 Å². The van der Waals surface area contributed by atoms with Crippen molar-refractivity contribution in [2.45, 2.75) is 45.2 Å². The second kappa shape index (κ2) is 6.06. The molecule has 1 atom stereocenters. The van der Waals surface area contributed by atoms with E-state index in [2.05, 4.69) is 6.92 Å². The summed E-state index contributed by atoms with van der Waals surface area (Å²) in [5, 5.41) is 9.51. The molecule has 0 fully saturated rings. The molecule has 1 aromatic carbocycles. The monoisotopic (exact) mass is 262 g/mol. The van der Waals surface area contributed by atoms with Crippen LogP contribution in [0.3, 0.4) is 0 Å². The van der Waals surface area contributed by atoms with Crippen LogP contribution in [0.15, 0.2) is 18.2 Å².